The number of hydrogen-bond acceptors (Lipinski definition) is 3. The number of aromatic nitrogens is 1. The van der Waals surface area contributed by atoms with Crippen LogP contribution in [0.3, 0.4) is 0 Å². The van der Waals surface area contributed by atoms with Crippen LogP contribution < -0.4 is 10.6 Å². The average molecular weight is 343 g/mol. The molecule has 1 atom stereocenters. The van der Waals surface area contributed by atoms with Gasteiger partial charge in [-0.05, 0) is 31.9 Å². The number of anilines is 1. The molecule has 23 heavy (non-hydrogen) atoms. The number of nitrogens with zero attached hydrogens (tertiary/aromatic N) is 1. The molecule has 0 spiro atoms. The molecule has 0 aliphatic heterocycles. The van der Waals surface area contributed by atoms with Crippen LogP contribution in [-0.4, -0.2) is 17.2 Å². The van der Waals surface area contributed by atoms with E-state index in [0.29, 0.717) is 11.4 Å². The number of amides is 2. The molecule has 0 aliphatic rings. The van der Waals surface area contributed by atoms with Crippen LogP contribution in [0.5, 0.6) is 0 Å². The number of benzene rings is 1. The van der Waals surface area contributed by atoms with E-state index in [4.69, 9.17) is 0 Å². The zero-order valence-corrected chi connectivity index (χ0v) is 13.6. The van der Waals surface area contributed by atoms with E-state index in [1.54, 1.807) is 32.9 Å². The fourth-order valence-electron chi connectivity index (χ4n) is 2.08. The van der Waals surface area contributed by atoms with Crippen molar-refractivity contribution in [2.45, 2.75) is 33.0 Å². The standard InChI is InChI=1S/C15H16F3N3OS/c1-8-5-4-6-9(2)11(8)20-14(22)21-12(15(16,17)18)13-19-10(3)7-23-13/h4-7,12H,1-3H3,(H2,20,21,22). The van der Waals surface area contributed by atoms with Gasteiger partial charge in [0.15, 0.2) is 6.04 Å². The Hall–Kier alpha value is -2.09. The molecule has 124 valence electrons. The molecule has 0 fully saturated rings. The molecule has 2 amide bonds. The molecule has 0 radical (unpaired) electrons. The minimum Gasteiger partial charge on any atom is -0.320 e. The molecule has 1 aromatic carbocycles. The normalized spacial score (nSPS) is 12.8. The van der Waals surface area contributed by atoms with Crippen molar-refractivity contribution < 1.29 is 18.0 Å². The van der Waals surface area contributed by atoms with Crippen LogP contribution in [0.2, 0.25) is 0 Å². The lowest BCUT2D eigenvalue weighted by Crippen LogP contribution is -2.40. The van der Waals surface area contributed by atoms with Gasteiger partial charge in [0, 0.05) is 16.8 Å². The second-order valence-corrected chi connectivity index (χ2v) is 6.06. The van der Waals surface area contributed by atoms with Gasteiger partial charge >= 0.3 is 12.2 Å². The fourth-order valence-corrected chi connectivity index (χ4v) is 2.95. The maximum Gasteiger partial charge on any atom is 0.415 e. The molecule has 1 heterocycles. The summed E-state index contributed by atoms with van der Waals surface area (Å²) in [6, 6.07) is 2.30. The number of hydrogen-bond donors (Lipinski definition) is 2. The molecular formula is C15H16F3N3OS. The topological polar surface area (TPSA) is 54.0 Å². The third-order valence-electron chi connectivity index (χ3n) is 3.21. The fraction of sp³-hybridized carbons (Fsp3) is 0.333. The quantitative estimate of drug-likeness (QED) is 0.862. The number of alkyl halides is 3. The zero-order valence-electron chi connectivity index (χ0n) is 12.8. The largest absolute Gasteiger partial charge is 0.415 e. The van der Waals surface area contributed by atoms with E-state index in [2.05, 4.69) is 10.3 Å². The number of urea groups is 1. The van der Waals surface area contributed by atoms with Gasteiger partial charge in [-0.25, -0.2) is 9.78 Å². The van der Waals surface area contributed by atoms with E-state index in [9.17, 15) is 18.0 Å². The molecule has 1 aromatic heterocycles. The zero-order chi connectivity index (χ0) is 17.2. The van der Waals surface area contributed by atoms with Gasteiger partial charge < -0.3 is 10.6 Å². The third-order valence-corrected chi connectivity index (χ3v) is 4.23. The van der Waals surface area contributed by atoms with Crippen molar-refractivity contribution in [3.05, 3.63) is 45.4 Å². The highest BCUT2D eigenvalue weighted by Crippen LogP contribution is 2.34. The molecule has 8 heteroatoms. The monoisotopic (exact) mass is 343 g/mol. The van der Waals surface area contributed by atoms with Gasteiger partial charge in [-0.3, -0.25) is 0 Å². The summed E-state index contributed by atoms with van der Waals surface area (Å²) in [5, 5.41) is 5.77. The molecule has 4 nitrogen and oxygen atoms in total. The summed E-state index contributed by atoms with van der Waals surface area (Å²) in [4.78, 5) is 15.8. The summed E-state index contributed by atoms with van der Waals surface area (Å²) < 4.78 is 39.6. The second kappa shape index (κ2) is 6.57. The summed E-state index contributed by atoms with van der Waals surface area (Å²) in [6.07, 6.45) is -4.62. The maximum atomic E-state index is 13.2. The highest BCUT2D eigenvalue weighted by atomic mass is 32.1. The predicted octanol–water partition coefficient (Wildman–Crippen LogP) is 4.49. The first-order valence-electron chi connectivity index (χ1n) is 6.81. The van der Waals surface area contributed by atoms with E-state index in [-0.39, 0.29) is 5.01 Å². The van der Waals surface area contributed by atoms with Gasteiger partial charge in [-0.2, -0.15) is 13.2 Å². The number of carbonyl (C=O) groups is 1. The van der Waals surface area contributed by atoms with Crippen molar-refractivity contribution in [1.29, 1.82) is 0 Å². The highest BCUT2D eigenvalue weighted by Gasteiger charge is 2.43. The van der Waals surface area contributed by atoms with Crippen molar-refractivity contribution in [1.82, 2.24) is 10.3 Å². The van der Waals surface area contributed by atoms with E-state index in [0.717, 1.165) is 22.5 Å². The van der Waals surface area contributed by atoms with Gasteiger partial charge in [0.25, 0.3) is 0 Å². The van der Waals surface area contributed by atoms with E-state index < -0.39 is 18.2 Å². The van der Waals surface area contributed by atoms with Crippen LogP contribution in [0.15, 0.2) is 23.6 Å². The van der Waals surface area contributed by atoms with Crippen LogP contribution in [0.4, 0.5) is 23.7 Å². The van der Waals surface area contributed by atoms with Crippen molar-refractivity contribution in [2.75, 3.05) is 5.32 Å². The molecular weight excluding hydrogens is 327 g/mol. The Bertz CT molecular complexity index is 692. The Balaban J connectivity index is 2.19. The molecule has 1 unspecified atom stereocenters. The Morgan fingerprint density at radius 2 is 1.83 bits per heavy atom. The van der Waals surface area contributed by atoms with Gasteiger partial charge in [-0.15, -0.1) is 11.3 Å². The van der Waals surface area contributed by atoms with Gasteiger partial charge in [-0.1, -0.05) is 18.2 Å². The Morgan fingerprint density at radius 3 is 2.30 bits per heavy atom. The minimum absolute atomic E-state index is 0.188. The summed E-state index contributed by atoms with van der Waals surface area (Å²) in [5.41, 5.74) is 2.53. The van der Waals surface area contributed by atoms with Gasteiger partial charge in [0.1, 0.15) is 5.01 Å². The number of aryl methyl sites for hydroxylation is 3. The van der Waals surface area contributed by atoms with E-state index in [1.165, 1.54) is 5.38 Å². The van der Waals surface area contributed by atoms with Crippen molar-refractivity contribution >= 4 is 23.1 Å². The van der Waals surface area contributed by atoms with Crippen LogP contribution in [0.25, 0.3) is 0 Å². The van der Waals surface area contributed by atoms with Crippen molar-refractivity contribution in [3.63, 3.8) is 0 Å². The first-order valence-corrected chi connectivity index (χ1v) is 7.69. The van der Waals surface area contributed by atoms with Crippen LogP contribution >= 0.6 is 11.3 Å². The van der Waals surface area contributed by atoms with Gasteiger partial charge in [0.2, 0.25) is 0 Å². The number of carbonyl (C=O) groups excluding carboxylic acids is 1. The van der Waals surface area contributed by atoms with Crippen molar-refractivity contribution in [3.8, 4) is 0 Å². The summed E-state index contributed by atoms with van der Waals surface area (Å²) in [7, 11) is 0. The first-order chi connectivity index (χ1) is 10.7. The summed E-state index contributed by atoms with van der Waals surface area (Å²) in [5.74, 6) is 0. The Morgan fingerprint density at radius 1 is 1.22 bits per heavy atom. The number of thiazole rings is 1. The lowest BCUT2D eigenvalue weighted by molar-refractivity contribution is -0.154. The predicted molar refractivity (Wildman–Crippen MR) is 83.7 cm³/mol. The Kier molecular flexibility index (Phi) is 4.93. The smallest absolute Gasteiger partial charge is 0.320 e. The van der Waals surface area contributed by atoms with E-state index >= 15 is 0 Å². The molecule has 0 bridgehead atoms. The molecule has 2 aromatic rings. The second-order valence-electron chi connectivity index (χ2n) is 5.17. The first kappa shape index (κ1) is 17.3. The molecule has 2 rings (SSSR count). The molecule has 0 saturated carbocycles. The number of halogens is 3. The summed E-state index contributed by atoms with van der Waals surface area (Å²) >= 11 is 0.865. The minimum atomic E-state index is -4.62. The van der Waals surface area contributed by atoms with Gasteiger partial charge in [0.05, 0.1) is 0 Å². The van der Waals surface area contributed by atoms with E-state index in [1.807, 2.05) is 11.4 Å². The molecule has 0 aliphatic carbocycles. The number of nitrogens with one attached hydrogen (secondary N) is 2. The lowest BCUT2D eigenvalue weighted by atomic mass is 10.1. The summed E-state index contributed by atoms with van der Waals surface area (Å²) in [6.45, 7) is 5.15. The molecule has 2 N–H and O–H groups in total. The Labute approximate surface area is 135 Å². The van der Waals surface area contributed by atoms with Crippen LogP contribution in [0.1, 0.15) is 27.9 Å². The van der Waals surface area contributed by atoms with Crippen LogP contribution in [0, 0.1) is 20.8 Å². The lowest BCUT2D eigenvalue weighted by Gasteiger charge is -2.20. The highest BCUT2D eigenvalue weighted by molar-refractivity contribution is 7.09. The average Bonchev–Trinajstić information content (AvgIpc) is 2.85. The number of rotatable bonds is 3. The SMILES string of the molecule is Cc1csc(C(NC(=O)Nc2c(C)cccc2C)C(F)(F)F)n1. The van der Waals surface area contributed by atoms with Crippen molar-refractivity contribution in [2.24, 2.45) is 0 Å². The third kappa shape index (κ3) is 4.22. The maximum absolute atomic E-state index is 13.2. The van der Waals surface area contributed by atoms with Crippen LogP contribution in [-0.2, 0) is 0 Å². The molecule has 0 saturated heterocycles. The number of para-hydroxylation sites is 1.